The van der Waals surface area contributed by atoms with Gasteiger partial charge in [-0.3, -0.25) is 14.6 Å². The molecule has 4 nitrogen and oxygen atoms in total. The number of ether oxygens (including phenoxy) is 1. The minimum Gasteiger partial charge on any atom is -0.468 e. The van der Waals surface area contributed by atoms with Crippen molar-refractivity contribution in [1.82, 2.24) is 0 Å². The van der Waals surface area contributed by atoms with Gasteiger partial charge in [0.2, 0.25) is 5.78 Å². The number of esters is 1. The number of hydrogen-bond acceptors (Lipinski definition) is 4. The topological polar surface area (TPSA) is 55.7 Å². The molecule has 1 unspecified atom stereocenters. The Morgan fingerprint density at radius 3 is 2.80 bits per heavy atom. The predicted octanol–water partition coefficient (Wildman–Crippen LogP) is 2.65. The van der Waals surface area contributed by atoms with Gasteiger partial charge in [-0.1, -0.05) is 17.7 Å². The molecule has 1 heterocycles. The average molecular weight is 296 g/mol. The Bertz CT molecular complexity index is 632. The number of aliphatic imine (C=N–C) groups is 1. The second kappa shape index (κ2) is 5.54. The van der Waals surface area contributed by atoms with Gasteiger partial charge in [-0.25, -0.2) is 4.39 Å². The SMILES string of the molecule is COC(=O)C1C(=O)/C(=C\c2c(F)cccc2Cl)N=C1C. The third-order valence-electron chi connectivity index (χ3n) is 2.95. The number of halogens is 2. The maximum Gasteiger partial charge on any atom is 0.322 e. The molecular weight excluding hydrogens is 285 g/mol. The lowest BCUT2D eigenvalue weighted by Gasteiger charge is -2.05. The van der Waals surface area contributed by atoms with Crippen LogP contribution in [0.2, 0.25) is 5.02 Å². The zero-order chi connectivity index (χ0) is 14.9. The molecule has 20 heavy (non-hydrogen) atoms. The summed E-state index contributed by atoms with van der Waals surface area (Å²) in [5.41, 5.74) is 0.380. The van der Waals surface area contributed by atoms with E-state index in [-0.39, 0.29) is 16.3 Å². The van der Waals surface area contributed by atoms with Gasteiger partial charge in [0.25, 0.3) is 0 Å². The fraction of sp³-hybridized carbons (Fsp3) is 0.214. The highest BCUT2D eigenvalue weighted by Gasteiger charge is 2.37. The molecule has 0 spiro atoms. The van der Waals surface area contributed by atoms with E-state index in [1.54, 1.807) is 6.92 Å². The molecule has 0 radical (unpaired) electrons. The van der Waals surface area contributed by atoms with Crippen molar-refractivity contribution in [1.29, 1.82) is 0 Å². The number of nitrogens with zero attached hydrogens (tertiary/aromatic N) is 1. The minimum absolute atomic E-state index is 0.00935. The molecule has 0 saturated carbocycles. The third-order valence-corrected chi connectivity index (χ3v) is 3.28. The van der Waals surface area contributed by atoms with Gasteiger partial charge in [-0.05, 0) is 25.1 Å². The summed E-state index contributed by atoms with van der Waals surface area (Å²) in [5, 5.41) is 0.166. The minimum atomic E-state index is -1.06. The van der Waals surface area contributed by atoms with Crippen molar-refractivity contribution in [2.24, 2.45) is 10.9 Å². The molecule has 0 aromatic heterocycles. The number of ketones is 1. The molecule has 0 aliphatic carbocycles. The van der Waals surface area contributed by atoms with Crippen LogP contribution in [0.4, 0.5) is 4.39 Å². The first-order valence-corrected chi connectivity index (χ1v) is 6.16. The number of rotatable bonds is 2. The maximum atomic E-state index is 13.7. The predicted molar refractivity (Wildman–Crippen MR) is 73.0 cm³/mol. The summed E-state index contributed by atoms with van der Waals surface area (Å²) in [7, 11) is 1.19. The van der Waals surface area contributed by atoms with Crippen LogP contribution in [0.5, 0.6) is 0 Å². The summed E-state index contributed by atoms with van der Waals surface area (Å²) in [6.45, 7) is 1.54. The zero-order valence-corrected chi connectivity index (χ0v) is 11.6. The maximum absolute atomic E-state index is 13.7. The lowest BCUT2D eigenvalue weighted by molar-refractivity contribution is -0.145. The Hall–Kier alpha value is -2.01. The number of benzene rings is 1. The van der Waals surface area contributed by atoms with Crippen LogP contribution in [0, 0.1) is 11.7 Å². The lowest BCUT2D eigenvalue weighted by atomic mass is 10.0. The molecule has 0 N–H and O–H groups in total. The average Bonchev–Trinajstić information content (AvgIpc) is 2.68. The normalized spacial score (nSPS) is 20.2. The fourth-order valence-corrected chi connectivity index (χ4v) is 2.15. The third kappa shape index (κ3) is 2.49. The lowest BCUT2D eigenvalue weighted by Crippen LogP contribution is -2.27. The first-order valence-electron chi connectivity index (χ1n) is 5.78. The van der Waals surface area contributed by atoms with E-state index < -0.39 is 23.5 Å². The molecule has 2 rings (SSSR count). The van der Waals surface area contributed by atoms with Crippen molar-refractivity contribution < 1.29 is 18.7 Å². The summed E-state index contributed by atoms with van der Waals surface area (Å²) in [6, 6.07) is 4.19. The van der Waals surface area contributed by atoms with E-state index in [0.29, 0.717) is 5.71 Å². The molecular formula is C14H11ClFNO3. The van der Waals surface area contributed by atoms with Crippen molar-refractivity contribution in [3.8, 4) is 0 Å². The largest absolute Gasteiger partial charge is 0.468 e. The molecule has 1 aromatic rings. The van der Waals surface area contributed by atoms with Crippen LogP contribution in [-0.2, 0) is 14.3 Å². The van der Waals surface area contributed by atoms with Gasteiger partial charge >= 0.3 is 5.97 Å². The summed E-state index contributed by atoms with van der Waals surface area (Å²) in [5.74, 6) is -2.82. The Morgan fingerprint density at radius 2 is 2.20 bits per heavy atom. The van der Waals surface area contributed by atoms with E-state index in [9.17, 15) is 14.0 Å². The van der Waals surface area contributed by atoms with Crippen LogP contribution in [0.25, 0.3) is 6.08 Å². The highest BCUT2D eigenvalue weighted by atomic mass is 35.5. The van der Waals surface area contributed by atoms with Gasteiger partial charge in [0.1, 0.15) is 11.5 Å². The second-order valence-electron chi connectivity index (χ2n) is 4.24. The van der Waals surface area contributed by atoms with E-state index in [4.69, 9.17) is 11.6 Å². The Kier molecular flexibility index (Phi) is 3.99. The summed E-state index contributed by atoms with van der Waals surface area (Å²) < 4.78 is 18.2. The van der Waals surface area contributed by atoms with Crippen LogP contribution >= 0.6 is 11.6 Å². The van der Waals surface area contributed by atoms with Crippen molar-refractivity contribution in [3.05, 3.63) is 40.3 Å². The van der Waals surface area contributed by atoms with Crippen LogP contribution in [-0.4, -0.2) is 24.6 Å². The van der Waals surface area contributed by atoms with E-state index >= 15 is 0 Å². The highest BCUT2D eigenvalue weighted by molar-refractivity contribution is 6.33. The van der Waals surface area contributed by atoms with Crippen LogP contribution in [0.3, 0.4) is 0 Å². The first kappa shape index (κ1) is 14.4. The van der Waals surface area contributed by atoms with Gasteiger partial charge in [0.15, 0.2) is 5.92 Å². The number of Topliss-reactive ketones (excluding diaryl/α,β-unsaturated/α-hetero) is 1. The molecule has 0 fully saturated rings. The van der Waals surface area contributed by atoms with Crippen LogP contribution in [0.15, 0.2) is 28.9 Å². The molecule has 6 heteroatoms. The number of hydrogen-bond donors (Lipinski definition) is 0. The molecule has 1 aliphatic heterocycles. The van der Waals surface area contributed by atoms with Crippen molar-refractivity contribution >= 4 is 35.1 Å². The number of carbonyl (C=O) groups excluding carboxylic acids is 2. The molecule has 0 bridgehead atoms. The Morgan fingerprint density at radius 1 is 1.50 bits per heavy atom. The number of carbonyl (C=O) groups is 2. The highest BCUT2D eigenvalue weighted by Crippen LogP contribution is 2.27. The van der Waals surface area contributed by atoms with Crippen molar-refractivity contribution in [3.63, 3.8) is 0 Å². The zero-order valence-electron chi connectivity index (χ0n) is 10.8. The van der Waals surface area contributed by atoms with E-state index in [1.807, 2.05) is 0 Å². The van der Waals surface area contributed by atoms with Crippen LogP contribution in [0.1, 0.15) is 12.5 Å². The standard InChI is InChI=1S/C14H11ClFNO3/c1-7-12(14(19)20-2)13(18)11(17-7)6-8-9(15)4-3-5-10(8)16/h3-6,12H,1-2H3/b11-6+. The summed E-state index contributed by atoms with van der Waals surface area (Å²) in [4.78, 5) is 27.6. The Balaban J connectivity index is 2.43. The van der Waals surface area contributed by atoms with Crippen LogP contribution < -0.4 is 0 Å². The molecule has 1 atom stereocenters. The van der Waals surface area contributed by atoms with Gasteiger partial charge in [0.05, 0.1) is 12.1 Å². The van der Waals surface area contributed by atoms with Crippen molar-refractivity contribution in [2.45, 2.75) is 6.92 Å². The second-order valence-corrected chi connectivity index (χ2v) is 4.65. The van der Waals surface area contributed by atoms with E-state index in [0.717, 1.165) is 0 Å². The fourth-order valence-electron chi connectivity index (χ4n) is 1.93. The van der Waals surface area contributed by atoms with Gasteiger partial charge < -0.3 is 4.74 Å². The van der Waals surface area contributed by atoms with Gasteiger partial charge in [0, 0.05) is 11.3 Å². The summed E-state index contributed by atoms with van der Waals surface area (Å²) in [6.07, 6.45) is 1.24. The van der Waals surface area contributed by atoms with Gasteiger partial charge in [-0.15, -0.1) is 0 Å². The molecule has 1 aromatic carbocycles. The molecule has 0 amide bonds. The van der Waals surface area contributed by atoms with Gasteiger partial charge in [-0.2, -0.15) is 0 Å². The molecule has 0 saturated heterocycles. The van der Waals surface area contributed by atoms with Crippen molar-refractivity contribution in [2.75, 3.05) is 7.11 Å². The molecule has 104 valence electrons. The van der Waals surface area contributed by atoms with E-state index in [1.165, 1.54) is 31.4 Å². The smallest absolute Gasteiger partial charge is 0.322 e. The summed E-state index contributed by atoms with van der Waals surface area (Å²) >= 11 is 5.88. The monoisotopic (exact) mass is 295 g/mol. The number of methoxy groups -OCH3 is 1. The Labute approximate surface area is 119 Å². The number of allylic oxidation sites excluding steroid dienone is 1. The quantitative estimate of drug-likeness (QED) is 0.479. The molecule has 1 aliphatic rings. The first-order chi connectivity index (χ1) is 9.45. The van der Waals surface area contributed by atoms with E-state index in [2.05, 4.69) is 9.73 Å².